The molecule has 2 rings (SSSR count). The van der Waals surface area contributed by atoms with Gasteiger partial charge >= 0.3 is 29.6 Å². The average molecular weight is 281 g/mol. The van der Waals surface area contributed by atoms with Gasteiger partial charge in [0.05, 0.1) is 19.5 Å². The maximum absolute atomic E-state index is 11.9. The first-order valence-electron chi connectivity index (χ1n) is 5.77. The van der Waals surface area contributed by atoms with Crippen molar-refractivity contribution in [1.29, 1.82) is 0 Å². The molecule has 1 saturated heterocycles. The summed E-state index contributed by atoms with van der Waals surface area (Å²) in [5, 5.41) is 0. The van der Waals surface area contributed by atoms with Crippen molar-refractivity contribution in [3.63, 3.8) is 0 Å². The Bertz CT molecular complexity index is 378. The van der Waals surface area contributed by atoms with E-state index in [1.54, 1.807) is 18.4 Å². The van der Waals surface area contributed by atoms with Crippen LogP contribution in [0.4, 0.5) is 0 Å². The van der Waals surface area contributed by atoms with Gasteiger partial charge in [-0.15, -0.1) is 0 Å². The van der Waals surface area contributed by atoms with Gasteiger partial charge in [-0.05, 0) is 18.3 Å². The van der Waals surface area contributed by atoms with Crippen molar-refractivity contribution in [2.45, 2.75) is 6.42 Å². The van der Waals surface area contributed by atoms with E-state index in [1.165, 1.54) is 0 Å². The third-order valence-electron chi connectivity index (χ3n) is 2.80. The summed E-state index contributed by atoms with van der Waals surface area (Å²) < 4.78 is 22.2. The standard InChI is InChI=1S/C11H18NO4P.Na/c13-17(14,9-3-11-2-1-6-16-11)10-12-4-7-15-8-5-12;/h1-2,6H,3-5,7-10H2,(H,13,14);/q;+1/p-1. The topological polar surface area (TPSA) is 65.7 Å². The zero-order valence-electron chi connectivity index (χ0n) is 10.7. The molecule has 0 saturated carbocycles. The van der Waals surface area contributed by atoms with E-state index in [-0.39, 0.29) is 42.0 Å². The van der Waals surface area contributed by atoms with Crippen LogP contribution in [0.5, 0.6) is 0 Å². The third kappa shape index (κ3) is 5.57. The summed E-state index contributed by atoms with van der Waals surface area (Å²) in [4.78, 5) is 13.8. The van der Waals surface area contributed by atoms with E-state index in [9.17, 15) is 9.46 Å². The van der Waals surface area contributed by atoms with Gasteiger partial charge in [-0.3, -0.25) is 4.90 Å². The Morgan fingerprint density at radius 2 is 2.11 bits per heavy atom. The van der Waals surface area contributed by atoms with E-state index in [2.05, 4.69) is 0 Å². The summed E-state index contributed by atoms with van der Waals surface area (Å²) in [6.45, 7) is 2.65. The molecule has 5 nitrogen and oxygen atoms in total. The number of nitrogens with zero attached hydrogens (tertiary/aromatic N) is 1. The molecule has 0 radical (unpaired) electrons. The zero-order valence-corrected chi connectivity index (χ0v) is 13.6. The van der Waals surface area contributed by atoms with E-state index < -0.39 is 7.37 Å². The Balaban J connectivity index is 0.00000162. The van der Waals surface area contributed by atoms with Crippen LogP contribution in [0.1, 0.15) is 5.76 Å². The van der Waals surface area contributed by atoms with Crippen LogP contribution in [0.2, 0.25) is 0 Å². The van der Waals surface area contributed by atoms with Crippen LogP contribution in [-0.2, 0) is 15.7 Å². The molecule has 1 fully saturated rings. The Morgan fingerprint density at radius 3 is 2.72 bits per heavy atom. The normalized spacial score (nSPS) is 20.1. The van der Waals surface area contributed by atoms with Crippen molar-refractivity contribution in [2.24, 2.45) is 0 Å². The van der Waals surface area contributed by atoms with Crippen molar-refractivity contribution < 1.29 is 48.2 Å². The summed E-state index contributed by atoms with van der Waals surface area (Å²) in [7, 11) is -3.34. The second-order valence-corrected chi connectivity index (χ2v) is 6.60. The van der Waals surface area contributed by atoms with Crippen LogP contribution in [0.3, 0.4) is 0 Å². The molecule has 0 amide bonds. The predicted molar refractivity (Wildman–Crippen MR) is 62.1 cm³/mol. The maximum Gasteiger partial charge on any atom is 1.00 e. The van der Waals surface area contributed by atoms with Crippen molar-refractivity contribution in [1.82, 2.24) is 4.90 Å². The fraction of sp³-hybridized carbons (Fsp3) is 0.636. The van der Waals surface area contributed by atoms with Crippen LogP contribution in [-0.4, -0.2) is 43.7 Å². The molecule has 2 heterocycles. The molecule has 18 heavy (non-hydrogen) atoms. The summed E-state index contributed by atoms with van der Waals surface area (Å²) in [5.74, 6) is 0.725. The smallest absolute Gasteiger partial charge is 0.798 e. The average Bonchev–Trinajstić information content (AvgIpc) is 2.80. The summed E-state index contributed by atoms with van der Waals surface area (Å²) >= 11 is 0. The molecule has 0 aliphatic carbocycles. The number of ether oxygens (including phenoxy) is 1. The third-order valence-corrected chi connectivity index (χ3v) is 4.53. The first kappa shape index (κ1) is 16.4. The summed E-state index contributed by atoms with van der Waals surface area (Å²) in [5.41, 5.74) is 0. The van der Waals surface area contributed by atoms with Gasteiger partial charge in [0.1, 0.15) is 5.76 Å². The van der Waals surface area contributed by atoms with Gasteiger partial charge in [-0.2, -0.15) is 0 Å². The molecule has 1 aromatic heterocycles. The summed E-state index contributed by atoms with van der Waals surface area (Å²) in [6, 6.07) is 3.57. The molecule has 1 aliphatic rings. The van der Waals surface area contributed by atoms with Crippen LogP contribution < -0.4 is 34.5 Å². The number of rotatable bonds is 5. The minimum absolute atomic E-state index is 0. The van der Waals surface area contributed by atoms with E-state index in [4.69, 9.17) is 9.15 Å². The Labute approximate surface area is 129 Å². The fourth-order valence-corrected chi connectivity index (χ4v) is 3.45. The van der Waals surface area contributed by atoms with Gasteiger partial charge in [0.25, 0.3) is 0 Å². The van der Waals surface area contributed by atoms with Crippen LogP contribution in [0, 0.1) is 0 Å². The second kappa shape index (κ2) is 7.85. The van der Waals surface area contributed by atoms with E-state index in [0.29, 0.717) is 32.7 Å². The number of hydrogen-bond acceptors (Lipinski definition) is 5. The molecule has 7 heteroatoms. The second-order valence-electron chi connectivity index (χ2n) is 4.24. The Hall–Kier alpha value is 0.390. The quantitative estimate of drug-likeness (QED) is 0.451. The van der Waals surface area contributed by atoms with Crippen molar-refractivity contribution in [3.8, 4) is 0 Å². The molecule has 0 N–H and O–H groups in total. The van der Waals surface area contributed by atoms with E-state index >= 15 is 0 Å². The molecule has 1 aromatic rings. The van der Waals surface area contributed by atoms with Gasteiger partial charge in [0.2, 0.25) is 0 Å². The number of hydrogen-bond donors (Lipinski definition) is 0. The maximum atomic E-state index is 11.9. The van der Waals surface area contributed by atoms with Crippen LogP contribution in [0.15, 0.2) is 22.8 Å². The molecule has 1 unspecified atom stereocenters. The fourth-order valence-electron chi connectivity index (χ4n) is 1.85. The van der Waals surface area contributed by atoms with Crippen molar-refractivity contribution in [3.05, 3.63) is 24.2 Å². The zero-order chi connectivity index (χ0) is 12.1. The molecule has 0 aromatic carbocycles. The summed E-state index contributed by atoms with van der Waals surface area (Å²) in [6.07, 6.45) is 2.33. The molecule has 96 valence electrons. The monoisotopic (exact) mass is 281 g/mol. The molecule has 0 bridgehead atoms. The minimum Gasteiger partial charge on any atom is -0.798 e. The van der Waals surface area contributed by atoms with Gasteiger partial charge in [-0.1, -0.05) is 0 Å². The molecular weight excluding hydrogens is 264 g/mol. The first-order chi connectivity index (χ1) is 8.16. The first-order valence-corrected chi connectivity index (χ1v) is 7.77. The number of morpholine rings is 1. The van der Waals surface area contributed by atoms with Crippen LogP contribution in [0.25, 0.3) is 0 Å². The Kier molecular flexibility index (Phi) is 7.17. The number of aryl methyl sites for hydroxylation is 1. The largest absolute Gasteiger partial charge is 1.00 e. The van der Waals surface area contributed by atoms with Gasteiger partial charge in [0.15, 0.2) is 0 Å². The molecular formula is C11H17NNaO4P. The van der Waals surface area contributed by atoms with Crippen LogP contribution >= 0.6 is 7.37 Å². The predicted octanol–water partition coefficient (Wildman–Crippen LogP) is -2.25. The SMILES string of the molecule is O=P([O-])(CCc1ccco1)CN1CCOCC1.[Na+]. The molecule has 1 aliphatic heterocycles. The van der Waals surface area contributed by atoms with Crippen molar-refractivity contribution in [2.75, 3.05) is 38.8 Å². The van der Waals surface area contributed by atoms with E-state index in [0.717, 1.165) is 5.76 Å². The van der Waals surface area contributed by atoms with Gasteiger partial charge in [-0.25, -0.2) is 0 Å². The number of furan rings is 1. The van der Waals surface area contributed by atoms with Gasteiger partial charge < -0.3 is 18.6 Å². The van der Waals surface area contributed by atoms with Gasteiger partial charge in [0, 0.05) is 33.2 Å². The molecule has 0 spiro atoms. The van der Waals surface area contributed by atoms with Crippen molar-refractivity contribution >= 4 is 7.37 Å². The van der Waals surface area contributed by atoms with E-state index in [1.807, 2.05) is 4.90 Å². The minimum atomic E-state index is -3.34. The Morgan fingerprint density at radius 1 is 1.39 bits per heavy atom. The molecule has 1 atom stereocenters.